The van der Waals surface area contributed by atoms with E-state index in [0.717, 1.165) is 0 Å². The Hall–Kier alpha value is -4.32. The molecule has 1 aliphatic rings. The van der Waals surface area contributed by atoms with E-state index in [9.17, 15) is 9.18 Å². The normalized spacial score (nSPS) is 15.2. The van der Waals surface area contributed by atoms with Crippen LogP contribution in [0, 0.1) is 5.82 Å². The number of ether oxygens (including phenoxy) is 4. The molecule has 1 aromatic carbocycles. The first kappa shape index (κ1) is 25.8. The molecule has 3 heterocycles. The molecule has 3 aromatic rings. The number of hydrogen-bond donors (Lipinski definition) is 0. The summed E-state index contributed by atoms with van der Waals surface area (Å²) in [5.74, 6) is -0.510. The molecule has 1 amide bonds. The standard InChI is InChI=1S/C25H27FN6O5/c1-3-12-35-23-27-24(36-13-4-2)29-25(28-23)37-17-18-15-31(11-14-34-18)22(33)16-32-10-9-21(30-32)19-7-5-6-8-20(19)26/h3-10,18H,1-2,11-17H2. The predicted molar refractivity (Wildman–Crippen MR) is 131 cm³/mol. The minimum atomic E-state index is -0.406. The Balaban J connectivity index is 1.33. The third-order valence-corrected chi connectivity index (χ3v) is 5.21. The van der Waals surface area contributed by atoms with Gasteiger partial charge in [0, 0.05) is 18.3 Å². The summed E-state index contributed by atoms with van der Waals surface area (Å²) in [7, 11) is 0. The van der Waals surface area contributed by atoms with Gasteiger partial charge in [-0.15, -0.1) is 15.0 Å². The zero-order valence-electron chi connectivity index (χ0n) is 20.2. The van der Waals surface area contributed by atoms with Crippen molar-refractivity contribution < 1.29 is 28.1 Å². The van der Waals surface area contributed by atoms with Gasteiger partial charge in [-0.3, -0.25) is 9.48 Å². The summed E-state index contributed by atoms with van der Waals surface area (Å²) < 4.78 is 37.7. The largest absolute Gasteiger partial charge is 0.460 e. The van der Waals surface area contributed by atoms with Crippen LogP contribution in [0.15, 0.2) is 61.8 Å². The van der Waals surface area contributed by atoms with Crippen LogP contribution in [0.2, 0.25) is 0 Å². The molecule has 0 spiro atoms. The molecule has 1 fully saturated rings. The number of amides is 1. The number of halogens is 1. The Bertz CT molecular complexity index is 1210. The van der Waals surface area contributed by atoms with Crippen molar-refractivity contribution in [2.75, 3.05) is 39.5 Å². The average Bonchev–Trinajstić information content (AvgIpc) is 3.38. The Morgan fingerprint density at radius 2 is 1.73 bits per heavy atom. The SMILES string of the molecule is C=CCOc1nc(OCC=C)nc(OCC2CN(C(=O)Cn3ccc(-c4ccccc4F)n3)CCO2)n1. The molecule has 0 bridgehead atoms. The first-order valence-electron chi connectivity index (χ1n) is 11.6. The van der Waals surface area contributed by atoms with Crippen LogP contribution in [0.4, 0.5) is 4.39 Å². The Morgan fingerprint density at radius 3 is 2.41 bits per heavy atom. The van der Waals surface area contributed by atoms with E-state index in [2.05, 4.69) is 33.2 Å². The number of morpholine rings is 1. The number of carbonyl (C=O) groups is 1. The number of carbonyl (C=O) groups excluding carboxylic acids is 1. The van der Waals surface area contributed by atoms with Gasteiger partial charge in [0.15, 0.2) is 0 Å². The number of aromatic nitrogens is 5. The van der Waals surface area contributed by atoms with Crippen molar-refractivity contribution in [3.63, 3.8) is 0 Å². The lowest BCUT2D eigenvalue weighted by molar-refractivity contribution is -0.140. The van der Waals surface area contributed by atoms with Gasteiger partial charge in [-0.2, -0.15) is 5.10 Å². The fourth-order valence-corrected chi connectivity index (χ4v) is 3.50. The monoisotopic (exact) mass is 510 g/mol. The van der Waals surface area contributed by atoms with Gasteiger partial charge in [0.1, 0.15) is 38.3 Å². The lowest BCUT2D eigenvalue weighted by Crippen LogP contribution is -2.48. The van der Waals surface area contributed by atoms with Crippen molar-refractivity contribution in [3.8, 4) is 29.3 Å². The molecule has 2 aromatic heterocycles. The average molecular weight is 511 g/mol. The van der Waals surface area contributed by atoms with E-state index in [1.165, 1.54) is 10.7 Å². The molecule has 1 aliphatic heterocycles. The van der Waals surface area contributed by atoms with Gasteiger partial charge in [0.25, 0.3) is 0 Å². The van der Waals surface area contributed by atoms with Crippen LogP contribution >= 0.6 is 0 Å². The summed E-state index contributed by atoms with van der Waals surface area (Å²) >= 11 is 0. The Kier molecular flexibility index (Phi) is 8.76. The second-order valence-electron chi connectivity index (χ2n) is 7.90. The van der Waals surface area contributed by atoms with Crippen LogP contribution in [-0.2, 0) is 16.1 Å². The summed E-state index contributed by atoms with van der Waals surface area (Å²) in [5.41, 5.74) is 0.844. The molecule has 37 heavy (non-hydrogen) atoms. The zero-order valence-corrected chi connectivity index (χ0v) is 20.2. The number of hydrogen-bond acceptors (Lipinski definition) is 9. The van der Waals surface area contributed by atoms with Gasteiger partial charge in [-0.25, -0.2) is 4.39 Å². The molecule has 1 atom stereocenters. The molecular weight excluding hydrogens is 483 g/mol. The number of benzene rings is 1. The van der Waals surface area contributed by atoms with E-state index >= 15 is 0 Å². The van der Waals surface area contributed by atoms with Crippen molar-refractivity contribution in [2.45, 2.75) is 12.6 Å². The summed E-state index contributed by atoms with van der Waals surface area (Å²) in [5, 5.41) is 4.34. The van der Waals surface area contributed by atoms with Gasteiger partial charge >= 0.3 is 18.0 Å². The molecule has 0 radical (unpaired) electrons. The number of rotatable bonds is 12. The maximum absolute atomic E-state index is 14.0. The topological polar surface area (TPSA) is 114 Å². The highest BCUT2D eigenvalue weighted by molar-refractivity contribution is 5.76. The van der Waals surface area contributed by atoms with E-state index in [1.54, 1.807) is 47.5 Å². The molecule has 0 N–H and O–H groups in total. The van der Waals surface area contributed by atoms with Crippen LogP contribution < -0.4 is 14.2 Å². The van der Waals surface area contributed by atoms with Crippen LogP contribution in [-0.4, -0.2) is 81.2 Å². The highest BCUT2D eigenvalue weighted by Crippen LogP contribution is 2.20. The van der Waals surface area contributed by atoms with Crippen molar-refractivity contribution >= 4 is 5.91 Å². The fraction of sp³-hybridized carbons (Fsp3) is 0.320. The summed E-state index contributed by atoms with van der Waals surface area (Å²) in [6.45, 7) is 8.78. The van der Waals surface area contributed by atoms with Crippen LogP contribution in [0.5, 0.6) is 18.0 Å². The lowest BCUT2D eigenvalue weighted by atomic mass is 10.1. The van der Waals surface area contributed by atoms with Gasteiger partial charge in [0.2, 0.25) is 5.91 Å². The molecule has 12 heteroatoms. The van der Waals surface area contributed by atoms with Crippen molar-refractivity contribution in [1.82, 2.24) is 29.6 Å². The summed E-state index contributed by atoms with van der Waals surface area (Å²) in [6, 6.07) is 8.10. The zero-order chi connectivity index (χ0) is 26.0. The third kappa shape index (κ3) is 7.10. The van der Waals surface area contributed by atoms with Crippen LogP contribution in [0.25, 0.3) is 11.3 Å². The highest BCUT2D eigenvalue weighted by Gasteiger charge is 2.26. The highest BCUT2D eigenvalue weighted by atomic mass is 19.1. The van der Waals surface area contributed by atoms with E-state index in [4.69, 9.17) is 18.9 Å². The van der Waals surface area contributed by atoms with Crippen LogP contribution in [0.1, 0.15) is 0 Å². The van der Waals surface area contributed by atoms with Crippen LogP contribution in [0.3, 0.4) is 0 Å². The maximum atomic E-state index is 14.0. The van der Waals surface area contributed by atoms with E-state index in [1.807, 2.05) is 0 Å². The van der Waals surface area contributed by atoms with Gasteiger partial charge in [0.05, 0.1) is 18.8 Å². The van der Waals surface area contributed by atoms with Gasteiger partial charge in [-0.05, 0) is 18.2 Å². The van der Waals surface area contributed by atoms with Crippen molar-refractivity contribution in [3.05, 3.63) is 67.7 Å². The minimum Gasteiger partial charge on any atom is -0.460 e. The van der Waals surface area contributed by atoms with E-state index in [0.29, 0.717) is 31.0 Å². The first-order valence-corrected chi connectivity index (χ1v) is 11.6. The third-order valence-electron chi connectivity index (χ3n) is 5.21. The van der Waals surface area contributed by atoms with Gasteiger partial charge < -0.3 is 23.8 Å². The molecule has 194 valence electrons. The smallest absolute Gasteiger partial charge is 0.326 e. The predicted octanol–water partition coefficient (Wildman–Crippen LogP) is 2.31. The lowest BCUT2D eigenvalue weighted by Gasteiger charge is -2.32. The second kappa shape index (κ2) is 12.6. The molecule has 0 aliphatic carbocycles. The van der Waals surface area contributed by atoms with Crippen molar-refractivity contribution in [1.29, 1.82) is 0 Å². The second-order valence-corrected chi connectivity index (χ2v) is 7.90. The molecule has 1 unspecified atom stereocenters. The summed E-state index contributed by atoms with van der Waals surface area (Å²) in [6.07, 6.45) is 4.36. The van der Waals surface area contributed by atoms with Crippen molar-refractivity contribution in [2.24, 2.45) is 0 Å². The maximum Gasteiger partial charge on any atom is 0.326 e. The molecule has 11 nitrogen and oxygen atoms in total. The van der Waals surface area contributed by atoms with E-state index < -0.39 is 6.10 Å². The van der Waals surface area contributed by atoms with Gasteiger partial charge in [-0.1, -0.05) is 37.4 Å². The fourth-order valence-electron chi connectivity index (χ4n) is 3.50. The minimum absolute atomic E-state index is 0.00242. The summed E-state index contributed by atoms with van der Waals surface area (Å²) in [4.78, 5) is 26.8. The molecule has 0 saturated carbocycles. The molecular formula is C25H27FN6O5. The molecule has 1 saturated heterocycles. The Morgan fingerprint density at radius 1 is 1.05 bits per heavy atom. The molecule has 4 rings (SSSR count). The number of nitrogens with zero attached hydrogens (tertiary/aromatic N) is 6. The Labute approximate surface area is 213 Å². The first-order chi connectivity index (χ1) is 18.1. The quantitative estimate of drug-likeness (QED) is 0.339. The van der Waals surface area contributed by atoms with E-state index in [-0.39, 0.29) is 56.1 Å².